The number of imidazole rings is 1. The second-order valence-corrected chi connectivity index (χ2v) is 7.29. The molecule has 2 atom stereocenters. The number of carbonyl (C=O) groups is 3. The van der Waals surface area contributed by atoms with E-state index in [1.54, 1.807) is 6.92 Å². The normalized spacial score (nSPS) is 17.4. The topological polar surface area (TPSA) is 147 Å². The first-order valence-electron chi connectivity index (χ1n) is 8.74. The Morgan fingerprint density at radius 1 is 1.36 bits per heavy atom. The van der Waals surface area contributed by atoms with E-state index in [0.29, 0.717) is 35.4 Å². The molecule has 3 amide bonds. The molecule has 0 saturated carbocycles. The second-order valence-electron chi connectivity index (χ2n) is 6.54. The predicted molar refractivity (Wildman–Crippen MR) is 102 cm³/mol. The molecule has 0 radical (unpaired) electrons. The Labute approximate surface area is 169 Å². The molecule has 0 bridgehead atoms. The highest BCUT2D eigenvalue weighted by atomic mass is 79.9. The zero-order chi connectivity index (χ0) is 20.3. The predicted octanol–water partition coefficient (Wildman–Crippen LogP) is 0.0880. The summed E-state index contributed by atoms with van der Waals surface area (Å²) in [5, 5.41) is 2.70. The number of nitrogens with one attached hydrogen (secondary N) is 2. The average molecular weight is 450 g/mol. The fourth-order valence-corrected chi connectivity index (χ4v) is 3.50. The lowest BCUT2D eigenvalue weighted by Gasteiger charge is -2.27. The highest BCUT2D eigenvalue weighted by Crippen LogP contribution is 2.20. The van der Waals surface area contributed by atoms with Gasteiger partial charge >= 0.3 is 0 Å². The number of H-pyrrole nitrogens is 1. The zero-order valence-electron chi connectivity index (χ0n) is 15.2. The second kappa shape index (κ2) is 8.46. The summed E-state index contributed by atoms with van der Waals surface area (Å²) in [6.07, 6.45) is 5.65. The van der Waals surface area contributed by atoms with E-state index in [0.717, 1.165) is 0 Å². The van der Waals surface area contributed by atoms with Gasteiger partial charge in [0.25, 0.3) is 5.91 Å². The Bertz CT molecular complexity index is 883. The van der Waals surface area contributed by atoms with Crippen molar-refractivity contribution in [2.75, 3.05) is 6.54 Å². The number of hydrogen-bond acceptors (Lipinski definition) is 6. The largest absolute Gasteiger partial charge is 0.368 e. The molecule has 1 aliphatic heterocycles. The molecule has 0 spiro atoms. The Morgan fingerprint density at radius 3 is 2.75 bits per heavy atom. The van der Waals surface area contributed by atoms with E-state index in [9.17, 15) is 14.4 Å². The standard InChI is InChI=1S/C17H20BrN7O3/c1-9-6-21-12(7-20-9)16(27)24-11(5-10-14(18)23-8-22-10)17(28)25-4-2-3-13(25)15(19)26/h6-8,11,13H,2-5H2,1H3,(H2,19,26)(H,22,23)(H,24,27)/t11-,13-/m0/s1. The third-order valence-corrected chi connectivity index (χ3v) is 5.24. The highest BCUT2D eigenvalue weighted by Gasteiger charge is 2.37. The fourth-order valence-electron chi connectivity index (χ4n) is 3.12. The summed E-state index contributed by atoms with van der Waals surface area (Å²) >= 11 is 3.31. The number of primary amides is 1. The fraction of sp³-hybridized carbons (Fsp3) is 0.412. The first-order valence-corrected chi connectivity index (χ1v) is 9.53. The van der Waals surface area contributed by atoms with Gasteiger partial charge in [0.2, 0.25) is 11.8 Å². The van der Waals surface area contributed by atoms with Gasteiger partial charge in [-0.2, -0.15) is 0 Å². The van der Waals surface area contributed by atoms with Gasteiger partial charge in [-0.1, -0.05) is 0 Å². The van der Waals surface area contributed by atoms with Crippen LogP contribution in [0.5, 0.6) is 0 Å². The van der Waals surface area contributed by atoms with Crippen LogP contribution in [0.2, 0.25) is 0 Å². The number of likely N-dealkylation sites (tertiary alicyclic amines) is 1. The summed E-state index contributed by atoms with van der Waals surface area (Å²) < 4.78 is 0.544. The molecule has 10 nitrogen and oxygen atoms in total. The van der Waals surface area contributed by atoms with E-state index in [4.69, 9.17) is 5.73 Å². The number of halogens is 1. The highest BCUT2D eigenvalue weighted by molar-refractivity contribution is 9.10. The maximum atomic E-state index is 13.1. The van der Waals surface area contributed by atoms with Gasteiger partial charge in [0.1, 0.15) is 22.4 Å². The lowest BCUT2D eigenvalue weighted by Crippen LogP contribution is -2.53. The van der Waals surface area contributed by atoms with Crippen LogP contribution in [0.25, 0.3) is 0 Å². The molecule has 3 heterocycles. The summed E-state index contributed by atoms with van der Waals surface area (Å²) in [5.41, 5.74) is 6.84. The molecule has 2 aromatic rings. The quantitative estimate of drug-likeness (QED) is 0.568. The first-order chi connectivity index (χ1) is 13.4. The maximum Gasteiger partial charge on any atom is 0.272 e. The maximum absolute atomic E-state index is 13.1. The van der Waals surface area contributed by atoms with Gasteiger partial charge in [0.05, 0.1) is 23.9 Å². The number of aromatic nitrogens is 4. The van der Waals surface area contributed by atoms with E-state index in [1.165, 1.54) is 23.6 Å². The number of aromatic amines is 1. The zero-order valence-corrected chi connectivity index (χ0v) is 16.8. The van der Waals surface area contributed by atoms with Crippen LogP contribution >= 0.6 is 15.9 Å². The monoisotopic (exact) mass is 449 g/mol. The number of rotatable bonds is 6. The van der Waals surface area contributed by atoms with E-state index in [1.807, 2.05) is 0 Å². The number of nitrogens with two attached hydrogens (primary N) is 1. The summed E-state index contributed by atoms with van der Waals surface area (Å²) in [6.45, 7) is 2.17. The minimum atomic E-state index is -0.924. The summed E-state index contributed by atoms with van der Waals surface area (Å²) in [4.78, 5) is 53.9. The summed E-state index contributed by atoms with van der Waals surface area (Å²) in [6, 6.07) is -1.59. The van der Waals surface area contributed by atoms with Crippen LogP contribution in [-0.4, -0.2) is 61.2 Å². The number of hydrogen-bond donors (Lipinski definition) is 3. The lowest BCUT2D eigenvalue weighted by molar-refractivity contribution is -0.138. The van der Waals surface area contributed by atoms with Crippen LogP contribution in [0.4, 0.5) is 0 Å². The Hall–Kier alpha value is -2.82. The van der Waals surface area contributed by atoms with Crippen molar-refractivity contribution in [3.63, 3.8) is 0 Å². The van der Waals surface area contributed by atoms with Gasteiger partial charge in [-0.3, -0.25) is 19.4 Å². The number of nitrogens with zero attached hydrogens (tertiary/aromatic N) is 4. The van der Waals surface area contributed by atoms with Crippen LogP contribution in [0.1, 0.15) is 34.7 Å². The third kappa shape index (κ3) is 4.35. The molecule has 0 aliphatic carbocycles. The van der Waals surface area contributed by atoms with Crippen molar-refractivity contribution in [3.05, 3.63) is 40.4 Å². The first kappa shape index (κ1) is 19.9. The van der Waals surface area contributed by atoms with Gasteiger partial charge in [0.15, 0.2) is 0 Å². The van der Waals surface area contributed by atoms with Crippen molar-refractivity contribution in [2.45, 2.75) is 38.3 Å². The van der Waals surface area contributed by atoms with E-state index >= 15 is 0 Å². The van der Waals surface area contributed by atoms with Gasteiger partial charge in [-0.05, 0) is 35.7 Å². The third-order valence-electron chi connectivity index (χ3n) is 4.56. The smallest absolute Gasteiger partial charge is 0.272 e. The SMILES string of the molecule is Cc1cnc(C(=O)N[C@@H](Cc2[nH]cnc2Br)C(=O)N2CCC[C@H]2C(N)=O)cn1. The van der Waals surface area contributed by atoms with E-state index in [-0.39, 0.29) is 18.0 Å². The number of aryl methyl sites for hydroxylation is 1. The van der Waals surface area contributed by atoms with Gasteiger partial charge in [-0.25, -0.2) is 9.97 Å². The van der Waals surface area contributed by atoms with Crippen LogP contribution in [0, 0.1) is 6.92 Å². The molecule has 0 unspecified atom stereocenters. The van der Waals surface area contributed by atoms with Crippen LogP contribution < -0.4 is 11.1 Å². The summed E-state index contributed by atoms with van der Waals surface area (Å²) in [5.74, 6) is -1.46. The molecule has 2 aromatic heterocycles. The van der Waals surface area contributed by atoms with Crippen molar-refractivity contribution in [1.82, 2.24) is 30.2 Å². The van der Waals surface area contributed by atoms with Crippen molar-refractivity contribution < 1.29 is 14.4 Å². The minimum absolute atomic E-state index is 0.0972. The average Bonchev–Trinajstić information content (AvgIpc) is 3.30. The van der Waals surface area contributed by atoms with Gasteiger partial charge in [0, 0.05) is 19.2 Å². The molecule has 11 heteroatoms. The Balaban J connectivity index is 1.83. The molecule has 3 rings (SSSR count). The molecule has 1 fully saturated rings. The molecule has 1 saturated heterocycles. The molecular weight excluding hydrogens is 430 g/mol. The molecular formula is C17H20BrN7O3. The number of carbonyl (C=O) groups excluding carboxylic acids is 3. The molecule has 148 valence electrons. The van der Waals surface area contributed by atoms with Crippen molar-refractivity contribution >= 4 is 33.7 Å². The lowest BCUT2D eigenvalue weighted by atomic mass is 10.1. The van der Waals surface area contributed by atoms with Crippen LogP contribution in [0.15, 0.2) is 23.3 Å². The van der Waals surface area contributed by atoms with Crippen molar-refractivity contribution in [3.8, 4) is 0 Å². The minimum Gasteiger partial charge on any atom is -0.368 e. The molecule has 28 heavy (non-hydrogen) atoms. The van der Waals surface area contributed by atoms with E-state index < -0.39 is 23.9 Å². The molecule has 4 N–H and O–H groups in total. The van der Waals surface area contributed by atoms with Crippen molar-refractivity contribution in [2.24, 2.45) is 5.73 Å². The van der Waals surface area contributed by atoms with Crippen molar-refractivity contribution in [1.29, 1.82) is 0 Å². The Kier molecular flexibility index (Phi) is 6.02. The Morgan fingerprint density at radius 2 is 2.14 bits per heavy atom. The summed E-state index contributed by atoms with van der Waals surface area (Å²) in [7, 11) is 0. The molecule has 1 aliphatic rings. The van der Waals surface area contributed by atoms with Crippen LogP contribution in [0.3, 0.4) is 0 Å². The van der Waals surface area contributed by atoms with Crippen LogP contribution in [-0.2, 0) is 16.0 Å². The van der Waals surface area contributed by atoms with E-state index in [2.05, 4.69) is 41.2 Å². The van der Waals surface area contributed by atoms with Gasteiger partial charge < -0.3 is 20.9 Å². The number of amides is 3. The molecule has 0 aromatic carbocycles. The van der Waals surface area contributed by atoms with Gasteiger partial charge in [-0.15, -0.1) is 0 Å².